The summed E-state index contributed by atoms with van der Waals surface area (Å²) in [5.41, 5.74) is 0.0113. The molecule has 1 fully saturated rings. The molecule has 1 saturated heterocycles. The van der Waals surface area contributed by atoms with E-state index >= 15 is 0 Å². The Morgan fingerprint density at radius 3 is 2.90 bits per heavy atom. The highest BCUT2D eigenvalue weighted by Crippen LogP contribution is 2.33. The number of aliphatic hydroxyl groups excluding tert-OH is 1. The quantitative estimate of drug-likeness (QED) is 0.412. The Labute approximate surface area is 177 Å². The molecule has 0 aliphatic carbocycles. The predicted octanol–water partition coefficient (Wildman–Crippen LogP) is 1.30. The predicted molar refractivity (Wildman–Crippen MR) is 109 cm³/mol. The number of halogens is 1. The topological polar surface area (TPSA) is 147 Å². The largest absolute Gasteiger partial charge is 0.507 e. The monoisotopic (exact) mass is 479 g/mol. The average molecular weight is 480 g/mol. The Bertz CT molecular complexity index is 1250. The van der Waals surface area contributed by atoms with Gasteiger partial charge in [-0.1, -0.05) is 0 Å². The van der Waals surface area contributed by atoms with E-state index in [1.54, 1.807) is 13.0 Å². The number of benzene rings is 1. The molecular weight excluding hydrogens is 462 g/mol. The van der Waals surface area contributed by atoms with E-state index < -0.39 is 42.3 Å². The van der Waals surface area contributed by atoms with Crippen LogP contribution in [0.4, 0.5) is 0 Å². The Kier molecular flexibility index (Phi) is 5.26. The number of phenols is 1. The maximum Gasteiger partial charge on any atom is 0.340 e. The maximum atomic E-state index is 12.8. The molecule has 4 rings (SSSR count). The number of fused-ring (bicyclic) bond motifs is 1. The van der Waals surface area contributed by atoms with Crippen LogP contribution in [0, 0.1) is 6.92 Å². The van der Waals surface area contributed by atoms with Crippen molar-refractivity contribution in [1.29, 1.82) is 0 Å². The molecule has 2 aromatic heterocycles. The molecule has 11 heteroatoms. The SMILES string of the molecule is Cc1cn([C@H]2C[C@H](OC(=O)c3c[nH]c4cc(Br)c(O)cc34)[C@@H](CO)O2)c(=O)[nH]c1=O. The molecule has 3 heterocycles. The summed E-state index contributed by atoms with van der Waals surface area (Å²) in [5.74, 6) is -0.692. The number of aryl methyl sites for hydroxylation is 1. The molecule has 0 amide bonds. The molecule has 0 unspecified atom stereocenters. The van der Waals surface area contributed by atoms with Crippen molar-refractivity contribution in [1.82, 2.24) is 14.5 Å². The maximum absolute atomic E-state index is 12.8. The molecule has 0 saturated carbocycles. The van der Waals surface area contributed by atoms with Crippen LogP contribution in [0.3, 0.4) is 0 Å². The summed E-state index contributed by atoms with van der Waals surface area (Å²) >= 11 is 3.21. The van der Waals surface area contributed by atoms with Crippen molar-refractivity contribution in [2.24, 2.45) is 0 Å². The zero-order chi connectivity index (χ0) is 21.6. The van der Waals surface area contributed by atoms with Crippen molar-refractivity contribution in [3.63, 3.8) is 0 Å². The highest BCUT2D eigenvalue weighted by atomic mass is 79.9. The average Bonchev–Trinajstić information content (AvgIpc) is 3.28. The van der Waals surface area contributed by atoms with E-state index in [1.807, 2.05) is 0 Å². The fraction of sp³-hybridized carbons (Fsp3) is 0.316. The van der Waals surface area contributed by atoms with Crippen LogP contribution in [0.1, 0.15) is 28.6 Å². The van der Waals surface area contributed by atoms with Crippen molar-refractivity contribution in [3.05, 3.63) is 61.0 Å². The minimum absolute atomic E-state index is 0.0264. The van der Waals surface area contributed by atoms with Gasteiger partial charge in [-0.15, -0.1) is 0 Å². The third-order valence-corrected chi connectivity index (χ3v) is 5.68. The number of H-pyrrole nitrogens is 2. The first-order chi connectivity index (χ1) is 14.3. The summed E-state index contributed by atoms with van der Waals surface area (Å²) < 4.78 is 12.9. The second kappa shape index (κ2) is 7.74. The fourth-order valence-electron chi connectivity index (χ4n) is 3.46. The van der Waals surface area contributed by atoms with Gasteiger partial charge in [0.2, 0.25) is 0 Å². The van der Waals surface area contributed by atoms with E-state index in [9.17, 15) is 24.6 Å². The second-order valence-electron chi connectivity index (χ2n) is 7.02. The van der Waals surface area contributed by atoms with Crippen LogP contribution in [0.15, 0.2) is 38.6 Å². The first-order valence-electron chi connectivity index (χ1n) is 9.07. The number of aromatic nitrogens is 3. The molecule has 1 aliphatic heterocycles. The van der Waals surface area contributed by atoms with Gasteiger partial charge < -0.3 is 24.7 Å². The van der Waals surface area contributed by atoms with Gasteiger partial charge in [0.25, 0.3) is 5.56 Å². The minimum atomic E-state index is -0.842. The number of esters is 1. The van der Waals surface area contributed by atoms with E-state index in [2.05, 4.69) is 25.9 Å². The number of phenolic OH excluding ortho intramolecular Hbond substituents is 1. The van der Waals surface area contributed by atoms with Crippen LogP contribution in [0.5, 0.6) is 5.75 Å². The lowest BCUT2D eigenvalue weighted by Gasteiger charge is -2.16. The lowest BCUT2D eigenvalue weighted by Crippen LogP contribution is -2.33. The van der Waals surface area contributed by atoms with Crippen LogP contribution < -0.4 is 11.2 Å². The third kappa shape index (κ3) is 3.55. The van der Waals surface area contributed by atoms with Gasteiger partial charge in [-0.2, -0.15) is 0 Å². The fourth-order valence-corrected chi connectivity index (χ4v) is 3.80. The van der Waals surface area contributed by atoms with Gasteiger partial charge in [0.15, 0.2) is 0 Å². The van der Waals surface area contributed by atoms with E-state index in [0.29, 0.717) is 20.9 Å². The highest BCUT2D eigenvalue weighted by Gasteiger charge is 2.39. The summed E-state index contributed by atoms with van der Waals surface area (Å²) in [4.78, 5) is 41.6. The molecule has 0 bridgehead atoms. The number of aromatic amines is 2. The Morgan fingerprint density at radius 2 is 2.17 bits per heavy atom. The number of carbonyl (C=O) groups is 1. The summed E-state index contributed by atoms with van der Waals surface area (Å²) in [6, 6.07) is 3.07. The van der Waals surface area contributed by atoms with E-state index in [1.165, 1.54) is 23.0 Å². The van der Waals surface area contributed by atoms with Gasteiger partial charge in [0, 0.05) is 35.3 Å². The van der Waals surface area contributed by atoms with Crippen molar-refractivity contribution in [3.8, 4) is 5.75 Å². The summed E-state index contributed by atoms with van der Waals surface area (Å²) in [6.07, 6.45) is 0.472. The zero-order valence-corrected chi connectivity index (χ0v) is 17.3. The molecule has 0 radical (unpaired) electrons. The van der Waals surface area contributed by atoms with Crippen LogP contribution in [-0.4, -0.2) is 49.5 Å². The van der Waals surface area contributed by atoms with Gasteiger partial charge in [-0.3, -0.25) is 14.3 Å². The van der Waals surface area contributed by atoms with Gasteiger partial charge in [-0.25, -0.2) is 9.59 Å². The molecule has 1 aliphatic rings. The van der Waals surface area contributed by atoms with Gasteiger partial charge >= 0.3 is 11.7 Å². The van der Waals surface area contributed by atoms with E-state index in [0.717, 1.165) is 0 Å². The molecule has 30 heavy (non-hydrogen) atoms. The number of carbonyl (C=O) groups excluding carboxylic acids is 1. The Hall–Kier alpha value is -2.89. The Balaban J connectivity index is 1.58. The number of rotatable bonds is 4. The molecule has 3 aromatic rings. The number of nitrogens with one attached hydrogen (secondary N) is 2. The lowest BCUT2D eigenvalue weighted by atomic mass is 10.1. The van der Waals surface area contributed by atoms with Crippen molar-refractivity contribution in [2.45, 2.75) is 31.8 Å². The highest BCUT2D eigenvalue weighted by molar-refractivity contribution is 9.10. The molecule has 158 valence electrons. The van der Waals surface area contributed by atoms with Crippen LogP contribution in [0.25, 0.3) is 10.9 Å². The number of aliphatic hydroxyl groups is 1. The van der Waals surface area contributed by atoms with Gasteiger partial charge in [0.05, 0.1) is 16.6 Å². The van der Waals surface area contributed by atoms with E-state index in [-0.39, 0.29) is 17.7 Å². The number of hydrogen-bond acceptors (Lipinski definition) is 7. The van der Waals surface area contributed by atoms with Crippen LogP contribution in [0.2, 0.25) is 0 Å². The lowest BCUT2D eigenvalue weighted by molar-refractivity contribution is -0.0521. The molecular formula is C19H18BrN3O7. The number of nitrogens with zero attached hydrogens (tertiary/aromatic N) is 1. The normalized spacial score (nSPS) is 21.2. The number of hydrogen-bond donors (Lipinski definition) is 4. The third-order valence-electron chi connectivity index (χ3n) is 5.04. The second-order valence-corrected chi connectivity index (χ2v) is 7.88. The summed E-state index contributed by atoms with van der Waals surface area (Å²) in [5, 5.41) is 20.0. The molecule has 0 spiro atoms. The molecule has 3 atom stereocenters. The summed E-state index contributed by atoms with van der Waals surface area (Å²) in [7, 11) is 0. The van der Waals surface area contributed by atoms with Crippen molar-refractivity contribution in [2.75, 3.05) is 6.61 Å². The number of aromatic hydroxyl groups is 1. The standard InChI is InChI=1S/C19H18BrN3O7/c1-8-6-23(19(28)22-17(8)26)16-4-14(15(7-24)29-16)30-18(27)10-5-21-12-3-11(20)13(25)2-9(10)12/h2-3,5-6,14-16,21,24-25H,4,7H2,1H3,(H,22,26,28)/t14-,15+,16+/m0/s1. The van der Waals surface area contributed by atoms with Gasteiger partial charge in [-0.05, 0) is 35.0 Å². The summed E-state index contributed by atoms with van der Waals surface area (Å²) in [6.45, 7) is 1.13. The van der Waals surface area contributed by atoms with Gasteiger partial charge in [0.1, 0.15) is 24.2 Å². The molecule has 4 N–H and O–H groups in total. The van der Waals surface area contributed by atoms with Crippen LogP contribution >= 0.6 is 15.9 Å². The molecule has 1 aromatic carbocycles. The number of ether oxygens (including phenoxy) is 2. The Morgan fingerprint density at radius 1 is 1.40 bits per heavy atom. The first kappa shape index (κ1) is 20.4. The van der Waals surface area contributed by atoms with Crippen molar-refractivity contribution >= 4 is 32.8 Å². The van der Waals surface area contributed by atoms with Crippen molar-refractivity contribution < 1.29 is 24.5 Å². The first-order valence-corrected chi connectivity index (χ1v) is 9.86. The smallest absolute Gasteiger partial charge is 0.340 e. The molecule has 10 nitrogen and oxygen atoms in total. The van der Waals surface area contributed by atoms with E-state index in [4.69, 9.17) is 9.47 Å². The zero-order valence-electron chi connectivity index (χ0n) is 15.7. The van der Waals surface area contributed by atoms with Crippen LogP contribution in [-0.2, 0) is 9.47 Å². The minimum Gasteiger partial charge on any atom is -0.507 e.